The topological polar surface area (TPSA) is 58.2 Å². The summed E-state index contributed by atoms with van der Waals surface area (Å²) >= 11 is 5.80. The number of hydrogen-bond donors (Lipinski definition) is 1. The zero-order valence-electron chi connectivity index (χ0n) is 9.98. The van der Waals surface area contributed by atoms with E-state index in [1.54, 1.807) is 6.07 Å². The molecule has 0 atom stereocenters. The number of nitrogens with zero attached hydrogens (tertiary/aromatic N) is 2. The molecule has 94 valence electrons. The van der Waals surface area contributed by atoms with Crippen molar-refractivity contribution in [2.24, 2.45) is 0 Å². The first-order valence-electron chi connectivity index (χ1n) is 5.26. The van der Waals surface area contributed by atoms with Crippen molar-refractivity contribution < 1.29 is 4.74 Å². The SMILES string of the molecule is CN(C)c1cccc(Oc2nc[nH]c(=O)c2Cl)c1. The van der Waals surface area contributed by atoms with Gasteiger partial charge in [-0.25, -0.2) is 4.98 Å². The molecule has 0 aliphatic rings. The summed E-state index contributed by atoms with van der Waals surface area (Å²) in [5, 5.41) is -0.0623. The Balaban J connectivity index is 2.31. The van der Waals surface area contributed by atoms with Crippen LogP contribution in [0.3, 0.4) is 0 Å². The van der Waals surface area contributed by atoms with Crippen LogP contribution in [0, 0.1) is 0 Å². The first kappa shape index (κ1) is 12.4. The molecule has 0 radical (unpaired) electrons. The highest BCUT2D eigenvalue weighted by atomic mass is 35.5. The van der Waals surface area contributed by atoms with E-state index in [1.807, 2.05) is 37.2 Å². The minimum atomic E-state index is -0.426. The number of nitrogens with one attached hydrogen (secondary N) is 1. The molecule has 6 heteroatoms. The van der Waals surface area contributed by atoms with Crippen molar-refractivity contribution in [2.45, 2.75) is 0 Å². The van der Waals surface area contributed by atoms with Gasteiger partial charge in [0.25, 0.3) is 5.56 Å². The first-order valence-corrected chi connectivity index (χ1v) is 5.64. The molecule has 2 rings (SSSR count). The lowest BCUT2D eigenvalue weighted by atomic mass is 10.3. The lowest BCUT2D eigenvalue weighted by Crippen LogP contribution is -2.09. The summed E-state index contributed by atoms with van der Waals surface area (Å²) in [6.07, 6.45) is 1.25. The van der Waals surface area contributed by atoms with Crippen molar-refractivity contribution in [1.29, 1.82) is 0 Å². The summed E-state index contributed by atoms with van der Waals surface area (Å²) in [5.41, 5.74) is 0.555. The fraction of sp³-hybridized carbons (Fsp3) is 0.167. The number of anilines is 1. The van der Waals surface area contributed by atoms with Gasteiger partial charge in [0.2, 0.25) is 5.88 Å². The Morgan fingerprint density at radius 3 is 2.89 bits per heavy atom. The molecule has 1 N–H and O–H groups in total. The van der Waals surface area contributed by atoms with Gasteiger partial charge < -0.3 is 14.6 Å². The van der Waals surface area contributed by atoms with Gasteiger partial charge in [0, 0.05) is 25.8 Å². The highest BCUT2D eigenvalue weighted by molar-refractivity contribution is 6.31. The average molecular weight is 266 g/mol. The summed E-state index contributed by atoms with van der Waals surface area (Å²) < 4.78 is 5.49. The molecule has 2 aromatic rings. The number of rotatable bonds is 3. The molecular formula is C12H12ClN3O2. The number of ether oxygens (including phenoxy) is 1. The third kappa shape index (κ3) is 2.62. The highest BCUT2D eigenvalue weighted by Gasteiger charge is 2.08. The maximum Gasteiger partial charge on any atom is 0.273 e. The summed E-state index contributed by atoms with van der Waals surface area (Å²) in [6, 6.07) is 7.40. The molecule has 0 saturated heterocycles. The Bertz CT molecular complexity index is 610. The van der Waals surface area contributed by atoms with E-state index in [0.717, 1.165) is 5.69 Å². The molecule has 18 heavy (non-hydrogen) atoms. The zero-order chi connectivity index (χ0) is 13.1. The summed E-state index contributed by atoms with van der Waals surface area (Å²) in [7, 11) is 3.86. The molecule has 0 aliphatic carbocycles. The average Bonchev–Trinajstić information content (AvgIpc) is 2.35. The molecule has 0 amide bonds. The number of hydrogen-bond acceptors (Lipinski definition) is 4. The maximum atomic E-state index is 11.3. The fourth-order valence-electron chi connectivity index (χ4n) is 1.37. The Morgan fingerprint density at radius 1 is 1.39 bits per heavy atom. The van der Waals surface area contributed by atoms with E-state index < -0.39 is 5.56 Å². The number of aromatic nitrogens is 2. The van der Waals surface area contributed by atoms with Crippen LogP contribution in [0.15, 0.2) is 35.4 Å². The van der Waals surface area contributed by atoms with E-state index in [1.165, 1.54) is 6.33 Å². The van der Waals surface area contributed by atoms with Gasteiger partial charge in [-0.3, -0.25) is 4.79 Å². The van der Waals surface area contributed by atoms with Gasteiger partial charge in [-0.15, -0.1) is 0 Å². The molecule has 0 aliphatic heterocycles. The minimum Gasteiger partial charge on any atom is -0.437 e. The van der Waals surface area contributed by atoms with Crippen molar-refractivity contribution >= 4 is 17.3 Å². The van der Waals surface area contributed by atoms with Crippen molar-refractivity contribution in [3.05, 3.63) is 46.0 Å². The minimum absolute atomic E-state index is 0.0623. The third-order valence-electron chi connectivity index (χ3n) is 2.31. The third-order valence-corrected chi connectivity index (χ3v) is 2.65. The van der Waals surface area contributed by atoms with Crippen molar-refractivity contribution in [2.75, 3.05) is 19.0 Å². The van der Waals surface area contributed by atoms with Crippen LogP contribution in [0.5, 0.6) is 11.6 Å². The van der Waals surface area contributed by atoms with Gasteiger partial charge in [-0.2, -0.15) is 0 Å². The zero-order valence-corrected chi connectivity index (χ0v) is 10.7. The Hall–Kier alpha value is -2.01. The first-order chi connectivity index (χ1) is 8.58. The van der Waals surface area contributed by atoms with Gasteiger partial charge in [0.05, 0.1) is 6.33 Å². The van der Waals surface area contributed by atoms with Gasteiger partial charge in [0.15, 0.2) is 5.02 Å². The fourth-order valence-corrected chi connectivity index (χ4v) is 1.52. The van der Waals surface area contributed by atoms with Gasteiger partial charge in [0.1, 0.15) is 5.75 Å². The van der Waals surface area contributed by atoms with E-state index in [9.17, 15) is 4.79 Å². The van der Waals surface area contributed by atoms with E-state index in [2.05, 4.69) is 9.97 Å². The second-order valence-electron chi connectivity index (χ2n) is 3.84. The van der Waals surface area contributed by atoms with Crippen LogP contribution in [0.2, 0.25) is 5.02 Å². The summed E-state index contributed by atoms with van der Waals surface area (Å²) in [4.78, 5) is 19.5. The molecular weight excluding hydrogens is 254 g/mol. The second kappa shape index (κ2) is 5.10. The molecule has 1 aromatic carbocycles. The van der Waals surface area contributed by atoms with Crippen LogP contribution in [-0.2, 0) is 0 Å². The monoisotopic (exact) mass is 265 g/mol. The van der Waals surface area contributed by atoms with Crippen molar-refractivity contribution in [3.63, 3.8) is 0 Å². The van der Waals surface area contributed by atoms with Crippen molar-refractivity contribution in [3.8, 4) is 11.6 Å². The summed E-state index contributed by atoms with van der Waals surface area (Å²) in [6.45, 7) is 0. The quantitative estimate of drug-likeness (QED) is 0.925. The van der Waals surface area contributed by atoms with E-state index in [0.29, 0.717) is 5.75 Å². The number of aromatic amines is 1. The molecule has 0 unspecified atom stereocenters. The van der Waals surface area contributed by atoms with E-state index in [4.69, 9.17) is 16.3 Å². The van der Waals surface area contributed by atoms with Crippen LogP contribution >= 0.6 is 11.6 Å². The Kier molecular flexibility index (Phi) is 3.53. The number of benzene rings is 1. The summed E-state index contributed by atoms with van der Waals surface area (Å²) in [5.74, 6) is 0.664. The Labute approximate surface area is 109 Å². The van der Waals surface area contributed by atoms with Gasteiger partial charge >= 0.3 is 0 Å². The number of halogens is 1. The second-order valence-corrected chi connectivity index (χ2v) is 4.22. The molecule has 1 heterocycles. The highest BCUT2D eigenvalue weighted by Crippen LogP contribution is 2.26. The largest absolute Gasteiger partial charge is 0.437 e. The number of H-pyrrole nitrogens is 1. The smallest absolute Gasteiger partial charge is 0.273 e. The molecule has 5 nitrogen and oxygen atoms in total. The van der Waals surface area contributed by atoms with Crippen LogP contribution in [-0.4, -0.2) is 24.1 Å². The maximum absolute atomic E-state index is 11.3. The van der Waals surface area contributed by atoms with E-state index in [-0.39, 0.29) is 10.9 Å². The van der Waals surface area contributed by atoms with Gasteiger partial charge in [-0.05, 0) is 12.1 Å². The molecule has 0 spiro atoms. The molecule has 1 aromatic heterocycles. The lowest BCUT2D eigenvalue weighted by Gasteiger charge is -2.13. The van der Waals surface area contributed by atoms with Crippen LogP contribution < -0.4 is 15.2 Å². The molecule has 0 bridgehead atoms. The van der Waals surface area contributed by atoms with E-state index >= 15 is 0 Å². The van der Waals surface area contributed by atoms with Crippen LogP contribution in [0.1, 0.15) is 0 Å². The standard InChI is InChI=1S/C12H12ClN3O2/c1-16(2)8-4-3-5-9(6-8)18-12-10(13)11(17)14-7-15-12/h3-7H,1-2H3,(H,14,15,17). The van der Waals surface area contributed by atoms with Crippen LogP contribution in [0.25, 0.3) is 0 Å². The van der Waals surface area contributed by atoms with Crippen LogP contribution in [0.4, 0.5) is 5.69 Å². The lowest BCUT2D eigenvalue weighted by molar-refractivity contribution is 0.461. The predicted octanol–water partition coefficient (Wildman–Crippen LogP) is 2.28. The normalized spacial score (nSPS) is 10.2. The molecule has 0 fully saturated rings. The van der Waals surface area contributed by atoms with Crippen molar-refractivity contribution in [1.82, 2.24) is 9.97 Å². The predicted molar refractivity (Wildman–Crippen MR) is 70.7 cm³/mol. The Morgan fingerprint density at radius 2 is 2.17 bits per heavy atom. The molecule has 0 saturated carbocycles. The van der Waals surface area contributed by atoms with Gasteiger partial charge in [-0.1, -0.05) is 17.7 Å².